The van der Waals surface area contributed by atoms with Gasteiger partial charge in [0.1, 0.15) is 5.82 Å². The molecule has 4 heteroatoms. The van der Waals surface area contributed by atoms with Gasteiger partial charge in [0.15, 0.2) is 0 Å². The van der Waals surface area contributed by atoms with E-state index in [-0.39, 0.29) is 5.82 Å². The van der Waals surface area contributed by atoms with Crippen molar-refractivity contribution in [3.8, 4) is 0 Å². The van der Waals surface area contributed by atoms with Gasteiger partial charge < -0.3 is 5.73 Å². The number of hydrogen-bond donors (Lipinski definition) is 1. The number of halogens is 2. The zero-order valence-electron chi connectivity index (χ0n) is 10.7. The fourth-order valence-corrected chi connectivity index (χ4v) is 2.75. The zero-order valence-corrected chi connectivity index (χ0v) is 11.5. The average Bonchev–Trinajstić information content (AvgIpc) is 2.33. The molecule has 100 valence electrons. The molecule has 0 unspecified atom stereocenters. The minimum atomic E-state index is -0.220. The van der Waals surface area contributed by atoms with Crippen LogP contribution >= 0.6 is 11.6 Å². The maximum Gasteiger partial charge on any atom is 0.129 e. The summed E-state index contributed by atoms with van der Waals surface area (Å²) in [5.41, 5.74) is 6.60. The molecular weight excluding hydrogens is 251 g/mol. The third-order valence-electron chi connectivity index (χ3n) is 3.80. The van der Waals surface area contributed by atoms with E-state index in [4.69, 9.17) is 17.3 Å². The predicted octanol–water partition coefficient (Wildman–Crippen LogP) is 3.18. The van der Waals surface area contributed by atoms with Crippen LogP contribution in [0, 0.1) is 5.82 Å². The van der Waals surface area contributed by atoms with Crippen LogP contribution in [0.1, 0.15) is 31.2 Å². The summed E-state index contributed by atoms with van der Waals surface area (Å²) < 4.78 is 13.7. The molecule has 0 saturated heterocycles. The number of rotatable bonds is 3. The summed E-state index contributed by atoms with van der Waals surface area (Å²) in [7, 11) is 2.05. The van der Waals surface area contributed by atoms with Crippen molar-refractivity contribution >= 4 is 11.6 Å². The Labute approximate surface area is 113 Å². The Balaban J connectivity index is 1.96. The van der Waals surface area contributed by atoms with Gasteiger partial charge in [-0.25, -0.2) is 4.39 Å². The molecule has 1 fully saturated rings. The van der Waals surface area contributed by atoms with Crippen molar-refractivity contribution in [2.24, 2.45) is 5.73 Å². The normalized spacial score (nSPS) is 24.5. The number of nitrogens with zero attached hydrogens (tertiary/aromatic N) is 1. The molecule has 0 amide bonds. The molecule has 1 aliphatic carbocycles. The van der Waals surface area contributed by atoms with E-state index in [0.717, 1.165) is 25.7 Å². The van der Waals surface area contributed by atoms with Crippen molar-refractivity contribution in [1.82, 2.24) is 4.90 Å². The lowest BCUT2D eigenvalue weighted by Crippen LogP contribution is -2.38. The molecule has 0 bridgehead atoms. The number of benzene rings is 1. The van der Waals surface area contributed by atoms with Crippen molar-refractivity contribution in [2.75, 3.05) is 7.05 Å². The van der Waals surface area contributed by atoms with Gasteiger partial charge in [0, 0.05) is 29.2 Å². The maximum absolute atomic E-state index is 13.7. The predicted molar refractivity (Wildman–Crippen MR) is 73.1 cm³/mol. The van der Waals surface area contributed by atoms with Crippen LogP contribution in [-0.4, -0.2) is 24.0 Å². The molecule has 1 saturated carbocycles. The highest BCUT2D eigenvalue weighted by Crippen LogP contribution is 2.23. The van der Waals surface area contributed by atoms with Crippen molar-refractivity contribution in [1.29, 1.82) is 0 Å². The molecule has 0 spiro atoms. The number of nitrogens with two attached hydrogens (primary N) is 1. The van der Waals surface area contributed by atoms with E-state index < -0.39 is 0 Å². The van der Waals surface area contributed by atoms with Gasteiger partial charge in [-0.2, -0.15) is 0 Å². The van der Waals surface area contributed by atoms with E-state index in [1.54, 1.807) is 12.1 Å². The first-order valence-electron chi connectivity index (χ1n) is 6.46. The fourth-order valence-electron chi connectivity index (χ4n) is 2.59. The van der Waals surface area contributed by atoms with Crippen molar-refractivity contribution in [3.63, 3.8) is 0 Å². The monoisotopic (exact) mass is 270 g/mol. The first-order chi connectivity index (χ1) is 8.56. The summed E-state index contributed by atoms with van der Waals surface area (Å²) in [5.74, 6) is -0.220. The second-order valence-corrected chi connectivity index (χ2v) is 5.66. The molecule has 1 aromatic carbocycles. The molecule has 1 aliphatic rings. The van der Waals surface area contributed by atoms with Crippen LogP contribution in [0.5, 0.6) is 0 Å². The Bertz CT molecular complexity index is 403. The zero-order chi connectivity index (χ0) is 13.1. The van der Waals surface area contributed by atoms with E-state index >= 15 is 0 Å². The largest absolute Gasteiger partial charge is 0.328 e. The lowest BCUT2D eigenvalue weighted by atomic mass is 9.91. The average molecular weight is 271 g/mol. The first-order valence-corrected chi connectivity index (χ1v) is 6.84. The molecule has 0 aliphatic heterocycles. The molecule has 0 radical (unpaired) electrons. The summed E-state index contributed by atoms with van der Waals surface area (Å²) in [6, 6.07) is 5.75. The third-order valence-corrected chi connectivity index (χ3v) is 4.03. The van der Waals surface area contributed by atoms with Gasteiger partial charge in [-0.3, -0.25) is 4.90 Å². The van der Waals surface area contributed by atoms with Crippen LogP contribution in [0.15, 0.2) is 18.2 Å². The first kappa shape index (κ1) is 13.8. The molecule has 0 atom stereocenters. The smallest absolute Gasteiger partial charge is 0.129 e. The van der Waals surface area contributed by atoms with Gasteiger partial charge in [-0.1, -0.05) is 17.7 Å². The summed E-state index contributed by atoms with van der Waals surface area (Å²) in [6.45, 7) is 0.628. The molecular formula is C14H20ClFN2. The third kappa shape index (κ3) is 3.44. The maximum atomic E-state index is 13.7. The van der Waals surface area contributed by atoms with Crippen LogP contribution in [0.3, 0.4) is 0 Å². The van der Waals surface area contributed by atoms with Crippen LogP contribution in [0.2, 0.25) is 5.02 Å². The van der Waals surface area contributed by atoms with Gasteiger partial charge in [-0.15, -0.1) is 0 Å². The van der Waals surface area contributed by atoms with E-state index in [1.807, 2.05) is 0 Å². The van der Waals surface area contributed by atoms with Crippen molar-refractivity contribution in [2.45, 2.75) is 44.3 Å². The highest BCUT2D eigenvalue weighted by atomic mass is 35.5. The lowest BCUT2D eigenvalue weighted by molar-refractivity contribution is 0.174. The van der Waals surface area contributed by atoms with E-state index in [9.17, 15) is 4.39 Å². The summed E-state index contributed by atoms with van der Waals surface area (Å²) in [6.07, 6.45) is 4.34. The highest BCUT2D eigenvalue weighted by molar-refractivity contribution is 6.30. The Kier molecular flexibility index (Phi) is 4.60. The minimum Gasteiger partial charge on any atom is -0.328 e. The second kappa shape index (κ2) is 6.00. The Hall–Kier alpha value is -0.640. The minimum absolute atomic E-state index is 0.220. The van der Waals surface area contributed by atoms with Gasteiger partial charge in [0.25, 0.3) is 0 Å². The number of hydrogen-bond acceptors (Lipinski definition) is 2. The van der Waals surface area contributed by atoms with Crippen LogP contribution in [0.4, 0.5) is 4.39 Å². The standard InChI is InChI=1S/C14H20ClFN2/c1-18(13-6-4-12(17)5-7-13)9-10-2-3-11(15)8-14(10)16/h2-3,8,12-13H,4-7,9,17H2,1H3. The van der Waals surface area contributed by atoms with Gasteiger partial charge in [0.05, 0.1) is 0 Å². The van der Waals surface area contributed by atoms with Crippen LogP contribution in [0.25, 0.3) is 0 Å². The summed E-state index contributed by atoms with van der Waals surface area (Å²) in [5, 5.41) is 0.447. The summed E-state index contributed by atoms with van der Waals surface area (Å²) in [4.78, 5) is 2.22. The van der Waals surface area contributed by atoms with Crippen LogP contribution in [-0.2, 0) is 6.54 Å². The molecule has 0 aromatic heterocycles. The fraction of sp³-hybridized carbons (Fsp3) is 0.571. The summed E-state index contributed by atoms with van der Waals surface area (Å²) >= 11 is 5.75. The molecule has 2 N–H and O–H groups in total. The van der Waals surface area contributed by atoms with Gasteiger partial charge in [-0.05, 0) is 44.9 Å². The Morgan fingerprint density at radius 2 is 2.00 bits per heavy atom. The van der Waals surface area contributed by atoms with E-state index in [0.29, 0.717) is 29.2 Å². The second-order valence-electron chi connectivity index (χ2n) is 5.22. The Morgan fingerprint density at radius 3 is 2.61 bits per heavy atom. The quantitative estimate of drug-likeness (QED) is 0.914. The Morgan fingerprint density at radius 1 is 1.33 bits per heavy atom. The molecule has 1 aromatic rings. The van der Waals surface area contributed by atoms with Crippen molar-refractivity contribution < 1.29 is 4.39 Å². The van der Waals surface area contributed by atoms with E-state index in [2.05, 4.69) is 11.9 Å². The van der Waals surface area contributed by atoms with E-state index in [1.165, 1.54) is 6.07 Å². The van der Waals surface area contributed by atoms with Gasteiger partial charge in [0.2, 0.25) is 0 Å². The molecule has 18 heavy (non-hydrogen) atoms. The SMILES string of the molecule is CN(Cc1ccc(Cl)cc1F)C1CCC(N)CC1. The molecule has 2 nitrogen and oxygen atoms in total. The highest BCUT2D eigenvalue weighted by Gasteiger charge is 2.22. The topological polar surface area (TPSA) is 29.3 Å². The molecule has 0 heterocycles. The van der Waals surface area contributed by atoms with Gasteiger partial charge >= 0.3 is 0 Å². The lowest BCUT2D eigenvalue weighted by Gasteiger charge is -2.33. The van der Waals surface area contributed by atoms with Crippen molar-refractivity contribution in [3.05, 3.63) is 34.6 Å². The molecule has 2 rings (SSSR count). The van der Waals surface area contributed by atoms with Crippen LogP contribution < -0.4 is 5.73 Å².